The number of para-hydroxylation sites is 3. The van der Waals surface area contributed by atoms with Gasteiger partial charge in [0.25, 0.3) is 0 Å². The summed E-state index contributed by atoms with van der Waals surface area (Å²) in [7, 11) is 0. The molecule has 88 heavy (non-hydrogen) atoms. The Morgan fingerprint density at radius 1 is 0.239 bits per heavy atom. The molecule has 0 saturated heterocycles. The molecule has 0 aliphatic rings. The molecule has 0 fully saturated rings. The summed E-state index contributed by atoms with van der Waals surface area (Å²) in [5, 5.41) is 16.2. The molecule has 0 N–H and O–H groups in total. The van der Waals surface area contributed by atoms with Gasteiger partial charge in [0.1, 0.15) is 0 Å². The van der Waals surface area contributed by atoms with E-state index in [2.05, 4.69) is 287 Å². The zero-order valence-electron chi connectivity index (χ0n) is 46.9. The van der Waals surface area contributed by atoms with Gasteiger partial charge < -0.3 is 13.7 Å². The van der Waals surface area contributed by atoms with E-state index in [1.165, 1.54) is 120 Å². The van der Waals surface area contributed by atoms with Crippen molar-refractivity contribution in [3.8, 4) is 50.8 Å². The van der Waals surface area contributed by atoms with E-state index in [0.29, 0.717) is 5.82 Å². The monoisotopic (exact) mass is 1170 g/mol. The molecule has 20 aromatic rings. The molecule has 0 atom stereocenters. The van der Waals surface area contributed by atoms with Gasteiger partial charge in [-0.1, -0.05) is 170 Å². The van der Waals surface area contributed by atoms with E-state index in [0.717, 1.165) is 61.4 Å². The molecule has 0 bridgehead atoms. The van der Waals surface area contributed by atoms with Crippen molar-refractivity contribution in [3.05, 3.63) is 273 Å². The largest absolute Gasteiger partial charge is 0.309 e. The highest BCUT2D eigenvalue weighted by Gasteiger charge is 2.24. The summed E-state index contributed by atoms with van der Waals surface area (Å²) in [5.74, 6) is 0.667. The number of fused-ring (bicyclic) bond motifs is 22. The minimum absolute atomic E-state index is 0.667. The Kier molecular flexibility index (Phi) is 10.1. The molecule has 8 heteroatoms. The van der Waals surface area contributed by atoms with Crippen LogP contribution in [0, 0.1) is 0 Å². The minimum Gasteiger partial charge on any atom is -0.309 e. The summed E-state index contributed by atoms with van der Waals surface area (Å²) in [5.41, 5.74) is 16.4. The topological polar surface area (TPSA) is 40.6 Å². The molecule has 0 amide bonds. The average molecular weight is 1170 g/mol. The molecule has 0 radical (unpaired) electrons. The van der Waals surface area contributed by atoms with Crippen LogP contribution < -0.4 is 0 Å². The van der Waals surface area contributed by atoms with Crippen LogP contribution >= 0.6 is 34.0 Å². The number of hydrogen-bond acceptors (Lipinski definition) is 5. The molecule has 0 aliphatic carbocycles. The zero-order chi connectivity index (χ0) is 57.3. The van der Waals surface area contributed by atoms with Crippen molar-refractivity contribution in [1.82, 2.24) is 23.7 Å². The van der Waals surface area contributed by atoms with E-state index in [1.54, 1.807) is 0 Å². The van der Waals surface area contributed by atoms with Gasteiger partial charge in [-0.3, -0.25) is 0 Å². The van der Waals surface area contributed by atoms with Crippen molar-refractivity contribution in [1.29, 1.82) is 0 Å². The van der Waals surface area contributed by atoms with Gasteiger partial charge in [-0.25, -0.2) is 9.97 Å². The summed E-state index contributed by atoms with van der Waals surface area (Å²) < 4.78 is 15.2. The highest BCUT2D eigenvalue weighted by atomic mass is 32.1. The second-order valence-electron chi connectivity index (χ2n) is 23.1. The van der Waals surface area contributed by atoms with Crippen LogP contribution in [0.15, 0.2) is 273 Å². The molecular formula is C80H45N5S3. The number of hydrogen-bond donors (Lipinski definition) is 0. The first kappa shape index (κ1) is 48.5. The highest BCUT2D eigenvalue weighted by Crippen LogP contribution is 2.48. The molecular weight excluding hydrogens is 1130 g/mol. The fourth-order valence-electron chi connectivity index (χ4n) is 14.6. The lowest BCUT2D eigenvalue weighted by molar-refractivity contribution is 1.17. The maximum absolute atomic E-state index is 5.75. The standard InChI is InChI=1S/C80H45N5S3/c1-7-25-64-53(19-1)56-36-40-70-73(59-22-4-10-28-67(59)86-70)77(56)83(64)50-34-31-46(32-35-50)47-33-39-63-62(45-47)76(48-15-13-17-51(43-48)84-65-26-8-2-20-54(65)57-37-41-71-74(78(57)84)60-23-5-11-29-68(60)87-71)82-80(81-63)49-16-14-18-52(44-49)85-66-27-9-3-21-55(66)58-38-42-72-75(79(58)85)61-24-6-12-30-69(61)88-72/h1-45H. The molecule has 0 unspecified atom stereocenters. The third-order valence-corrected chi connectivity index (χ3v) is 21.8. The minimum atomic E-state index is 0.667. The summed E-state index contributed by atoms with van der Waals surface area (Å²) in [4.78, 5) is 11.3. The quantitative estimate of drug-likeness (QED) is 0.166. The normalized spacial score (nSPS) is 12.3. The summed E-state index contributed by atoms with van der Waals surface area (Å²) >= 11 is 5.59. The molecule has 0 aliphatic heterocycles. The van der Waals surface area contributed by atoms with Gasteiger partial charge in [0.05, 0.1) is 44.3 Å². The Morgan fingerprint density at radius 3 is 1.14 bits per heavy atom. The van der Waals surface area contributed by atoms with E-state index < -0.39 is 0 Å². The van der Waals surface area contributed by atoms with Gasteiger partial charge in [-0.05, 0) is 114 Å². The molecule has 5 nitrogen and oxygen atoms in total. The van der Waals surface area contributed by atoms with Gasteiger partial charge in [0, 0.05) is 126 Å². The molecule has 7 aromatic heterocycles. The molecule has 0 spiro atoms. The summed E-state index contributed by atoms with van der Waals surface area (Å²) in [6.45, 7) is 0. The van der Waals surface area contributed by atoms with Crippen LogP contribution in [0.1, 0.15) is 0 Å². The number of benzene rings is 13. The van der Waals surface area contributed by atoms with Gasteiger partial charge >= 0.3 is 0 Å². The van der Waals surface area contributed by atoms with Crippen molar-refractivity contribution in [2.45, 2.75) is 0 Å². The predicted molar refractivity (Wildman–Crippen MR) is 378 cm³/mol. The van der Waals surface area contributed by atoms with Crippen LogP contribution in [-0.2, 0) is 0 Å². The van der Waals surface area contributed by atoms with Gasteiger partial charge in [-0.2, -0.15) is 0 Å². The van der Waals surface area contributed by atoms with E-state index >= 15 is 0 Å². The van der Waals surface area contributed by atoms with E-state index in [1.807, 2.05) is 34.0 Å². The summed E-state index contributed by atoms with van der Waals surface area (Å²) in [6, 6.07) is 101. The Morgan fingerprint density at radius 2 is 0.648 bits per heavy atom. The second-order valence-corrected chi connectivity index (χ2v) is 26.4. The lowest BCUT2D eigenvalue weighted by atomic mass is 9.99. The van der Waals surface area contributed by atoms with E-state index in [4.69, 9.17) is 9.97 Å². The SMILES string of the molecule is c1cc(-c2nc(-c3cccc(-n4c5ccccc5c5ccc6sc7ccccc7c6c54)c3)c3cc(-c4ccc(-n5c6ccccc6c6ccc7sc8ccccc8c7c65)cc4)ccc3n2)cc(-n2c3ccccc3c3ccc4sc5ccccc5c4c32)c1. The number of aromatic nitrogens is 5. The Balaban J connectivity index is 0.789. The van der Waals surface area contributed by atoms with Crippen molar-refractivity contribution < 1.29 is 0 Å². The number of nitrogens with zero attached hydrogens (tertiary/aromatic N) is 5. The van der Waals surface area contributed by atoms with Crippen LogP contribution in [-0.4, -0.2) is 23.7 Å². The van der Waals surface area contributed by atoms with Crippen molar-refractivity contribution >= 4 is 171 Å². The van der Waals surface area contributed by atoms with Gasteiger partial charge in [0.2, 0.25) is 0 Å². The first-order chi connectivity index (χ1) is 43.6. The lowest BCUT2D eigenvalue weighted by Gasteiger charge is -2.15. The number of thiophene rings is 3. The third-order valence-electron chi connectivity index (χ3n) is 18.4. The smallest absolute Gasteiger partial charge is 0.160 e. The Labute approximate surface area is 514 Å². The number of rotatable bonds is 6. The fourth-order valence-corrected chi connectivity index (χ4v) is 18.0. The maximum atomic E-state index is 5.75. The summed E-state index contributed by atoms with van der Waals surface area (Å²) in [6.07, 6.45) is 0. The van der Waals surface area contributed by atoms with Crippen LogP contribution in [0.4, 0.5) is 0 Å². The highest BCUT2D eigenvalue weighted by molar-refractivity contribution is 7.26. The molecule has 13 aromatic carbocycles. The molecule has 0 saturated carbocycles. The van der Waals surface area contributed by atoms with E-state index in [9.17, 15) is 0 Å². The average Bonchev–Trinajstić information content (AvgIpc) is 1.75. The van der Waals surface area contributed by atoms with Gasteiger partial charge in [-0.15, -0.1) is 34.0 Å². The van der Waals surface area contributed by atoms with Crippen LogP contribution in [0.25, 0.3) is 188 Å². The van der Waals surface area contributed by atoms with Crippen LogP contribution in [0.2, 0.25) is 0 Å². The molecule has 408 valence electrons. The lowest BCUT2D eigenvalue weighted by Crippen LogP contribution is -1.99. The fraction of sp³-hybridized carbons (Fsp3) is 0. The predicted octanol–water partition coefficient (Wildman–Crippen LogP) is 23.0. The Hall–Kier alpha value is -10.7. The van der Waals surface area contributed by atoms with Gasteiger partial charge in [0.15, 0.2) is 5.82 Å². The van der Waals surface area contributed by atoms with Crippen LogP contribution in [0.5, 0.6) is 0 Å². The first-order valence-electron chi connectivity index (χ1n) is 29.8. The molecule has 7 heterocycles. The zero-order valence-corrected chi connectivity index (χ0v) is 49.4. The Bertz CT molecular complexity index is 6380. The maximum Gasteiger partial charge on any atom is 0.160 e. The van der Waals surface area contributed by atoms with Crippen molar-refractivity contribution in [2.75, 3.05) is 0 Å². The first-order valence-corrected chi connectivity index (χ1v) is 32.2. The van der Waals surface area contributed by atoms with Crippen molar-refractivity contribution in [2.24, 2.45) is 0 Å². The molecule has 20 rings (SSSR count). The second kappa shape index (κ2) is 18.4. The van der Waals surface area contributed by atoms with E-state index in [-0.39, 0.29) is 0 Å². The van der Waals surface area contributed by atoms with Crippen molar-refractivity contribution in [3.63, 3.8) is 0 Å². The third kappa shape index (κ3) is 6.90. The van der Waals surface area contributed by atoms with Crippen LogP contribution in [0.3, 0.4) is 0 Å².